The fourth-order valence-electron chi connectivity index (χ4n) is 1.59. The quantitative estimate of drug-likeness (QED) is 0.439. The third kappa shape index (κ3) is 5.79. The van der Waals surface area contributed by atoms with Crippen LogP contribution < -0.4 is 0 Å². The van der Waals surface area contributed by atoms with Crippen molar-refractivity contribution in [2.75, 3.05) is 6.61 Å². The van der Waals surface area contributed by atoms with Crippen LogP contribution in [0.4, 0.5) is 0 Å². The molecule has 1 rings (SSSR count). The molecule has 2 nitrogen and oxygen atoms in total. The standard InChI is InChI=1S/C12H20O2/c13-12-10-8-6-4-2-1-3-5-7-9-11-14-12/h4,6H,1-3,5,7-11H2. The molecule has 0 saturated carbocycles. The van der Waals surface area contributed by atoms with E-state index in [1.165, 1.54) is 25.7 Å². The minimum absolute atomic E-state index is 0.0473. The Kier molecular flexibility index (Phi) is 6.13. The lowest BCUT2D eigenvalue weighted by Crippen LogP contribution is -2.04. The van der Waals surface area contributed by atoms with Crippen LogP contribution in [-0.2, 0) is 9.53 Å². The van der Waals surface area contributed by atoms with Gasteiger partial charge < -0.3 is 4.74 Å². The van der Waals surface area contributed by atoms with Gasteiger partial charge in [0.2, 0.25) is 0 Å². The number of rotatable bonds is 0. The van der Waals surface area contributed by atoms with Gasteiger partial charge in [0.15, 0.2) is 0 Å². The topological polar surface area (TPSA) is 26.3 Å². The summed E-state index contributed by atoms with van der Waals surface area (Å²) in [5.41, 5.74) is 0. The molecular weight excluding hydrogens is 176 g/mol. The Labute approximate surface area is 86.3 Å². The summed E-state index contributed by atoms with van der Waals surface area (Å²) < 4.78 is 5.08. The van der Waals surface area contributed by atoms with Gasteiger partial charge in [-0.2, -0.15) is 0 Å². The highest BCUT2D eigenvalue weighted by molar-refractivity contribution is 5.69. The number of esters is 1. The lowest BCUT2D eigenvalue weighted by Gasteiger charge is -2.02. The van der Waals surface area contributed by atoms with Crippen LogP contribution in [-0.4, -0.2) is 12.6 Å². The SMILES string of the molecule is O=C1CCC=CCCCCCCCO1. The highest BCUT2D eigenvalue weighted by Crippen LogP contribution is 2.08. The molecule has 0 atom stereocenters. The Balaban J connectivity index is 2.23. The van der Waals surface area contributed by atoms with Crippen LogP contribution in [0.3, 0.4) is 0 Å². The number of allylic oxidation sites excluding steroid dienone is 2. The van der Waals surface area contributed by atoms with Crippen LogP contribution in [0, 0.1) is 0 Å². The number of hydrogen-bond acceptors (Lipinski definition) is 2. The molecule has 0 unspecified atom stereocenters. The highest BCUT2D eigenvalue weighted by Gasteiger charge is 2.01. The molecule has 0 spiro atoms. The van der Waals surface area contributed by atoms with E-state index in [0.29, 0.717) is 13.0 Å². The molecule has 0 radical (unpaired) electrons. The zero-order chi connectivity index (χ0) is 10.1. The average molecular weight is 196 g/mol. The maximum atomic E-state index is 11.1. The summed E-state index contributed by atoms with van der Waals surface area (Å²) in [4.78, 5) is 11.1. The third-order valence-corrected chi connectivity index (χ3v) is 2.46. The van der Waals surface area contributed by atoms with Crippen LogP contribution in [0.1, 0.15) is 51.4 Å². The van der Waals surface area contributed by atoms with Crippen molar-refractivity contribution in [2.45, 2.75) is 51.4 Å². The molecule has 1 aliphatic rings. The van der Waals surface area contributed by atoms with Gasteiger partial charge in [-0.3, -0.25) is 4.79 Å². The summed E-state index contributed by atoms with van der Waals surface area (Å²) in [7, 11) is 0. The number of carbonyl (C=O) groups is 1. The summed E-state index contributed by atoms with van der Waals surface area (Å²) in [6, 6.07) is 0. The van der Waals surface area contributed by atoms with E-state index in [1.54, 1.807) is 0 Å². The zero-order valence-electron chi connectivity index (χ0n) is 8.84. The highest BCUT2D eigenvalue weighted by atomic mass is 16.5. The first-order chi connectivity index (χ1) is 6.89. The molecule has 0 N–H and O–H groups in total. The minimum atomic E-state index is -0.0473. The van der Waals surface area contributed by atoms with E-state index in [4.69, 9.17) is 4.74 Å². The molecular formula is C12H20O2. The Morgan fingerprint density at radius 1 is 0.929 bits per heavy atom. The number of cyclic esters (lactones) is 1. The molecule has 14 heavy (non-hydrogen) atoms. The molecule has 0 bridgehead atoms. The zero-order valence-corrected chi connectivity index (χ0v) is 8.84. The van der Waals surface area contributed by atoms with E-state index >= 15 is 0 Å². The van der Waals surface area contributed by atoms with Crippen LogP contribution in [0.15, 0.2) is 12.2 Å². The summed E-state index contributed by atoms with van der Waals surface area (Å²) in [6.45, 7) is 0.614. The van der Waals surface area contributed by atoms with Gasteiger partial charge in [0.05, 0.1) is 6.61 Å². The van der Waals surface area contributed by atoms with Crippen LogP contribution in [0.5, 0.6) is 0 Å². The van der Waals surface area contributed by atoms with Gasteiger partial charge in [-0.1, -0.05) is 31.4 Å². The second-order valence-electron chi connectivity index (χ2n) is 3.79. The lowest BCUT2D eigenvalue weighted by molar-refractivity contribution is -0.143. The molecule has 1 aliphatic heterocycles. The van der Waals surface area contributed by atoms with Crippen LogP contribution >= 0.6 is 0 Å². The summed E-state index contributed by atoms with van der Waals surface area (Å²) >= 11 is 0. The van der Waals surface area contributed by atoms with Crippen molar-refractivity contribution in [3.63, 3.8) is 0 Å². The number of hydrogen-bond donors (Lipinski definition) is 0. The second kappa shape index (κ2) is 7.60. The first-order valence-electron chi connectivity index (χ1n) is 5.70. The summed E-state index contributed by atoms with van der Waals surface area (Å²) in [6.07, 6.45) is 12.9. The monoisotopic (exact) mass is 196 g/mol. The van der Waals surface area contributed by atoms with E-state index in [0.717, 1.165) is 19.3 Å². The van der Waals surface area contributed by atoms with E-state index < -0.39 is 0 Å². The van der Waals surface area contributed by atoms with Gasteiger partial charge in [-0.05, 0) is 25.7 Å². The van der Waals surface area contributed by atoms with Gasteiger partial charge in [-0.25, -0.2) is 0 Å². The minimum Gasteiger partial charge on any atom is -0.466 e. The van der Waals surface area contributed by atoms with Crippen molar-refractivity contribution in [1.82, 2.24) is 0 Å². The van der Waals surface area contributed by atoms with Gasteiger partial charge >= 0.3 is 5.97 Å². The molecule has 0 aromatic carbocycles. The molecule has 2 heteroatoms. The second-order valence-corrected chi connectivity index (χ2v) is 3.79. The molecule has 80 valence electrons. The maximum absolute atomic E-state index is 11.1. The maximum Gasteiger partial charge on any atom is 0.306 e. The van der Waals surface area contributed by atoms with Crippen molar-refractivity contribution < 1.29 is 9.53 Å². The predicted molar refractivity (Wildman–Crippen MR) is 57.0 cm³/mol. The first-order valence-corrected chi connectivity index (χ1v) is 5.70. The largest absolute Gasteiger partial charge is 0.466 e. The molecule has 1 heterocycles. The van der Waals surface area contributed by atoms with E-state index in [1.807, 2.05) is 0 Å². The number of ether oxygens (including phenoxy) is 1. The fraction of sp³-hybridized carbons (Fsp3) is 0.750. The predicted octanol–water partition coefficient (Wildman–Crippen LogP) is 3.22. The van der Waals surface area contributed by atoms with Crippen molar-refractivity contribution in [2.24, 2.45) is 0 Å². The van der Waals surface area contributed by atoms with Crippen molar-refractivity contribution in [1.29, 1.82) is 0 Å². The Morgan fingerprint density at radius 3 is 2.57 bits per heavy atom. The molecule has 0 saturated heterocycles. The van der Waals surface area contributed by atoms with E-state index in [9.17, 15) is 4.79 Å². The van der Waals surface area contributed by atoms with Crippen molar-refractivity contribution >= 4 is 5.97 Å². The molecule has 0 fully saturated rings. The molecule has 0 amide bonds. The summed E-state index contributed by atoms with van der Waals surface area (Å²) in [5.74, 6) is -0.0473. The normalized spacial score (nSPS) is 21.6. The molecule has 0 aliphatic carbocycles. The molecule has 0 aromatic heterocycles. The van der Waals surface area contributed by atoms with Gasteiger partial charge in [-0.15, -0.1) is 0 Å². The van der Waals surface area contributed by atoms with Crippen LogP contribution in [0.2, 0.25) is 0 Å². The first kappa shape index (κ1) is 11.3. The van der Waals surface area contributed by atoms with Gasteiger partial charge in [0, 0.05) is 6.42 Å². The van der Waals surface area contributed by atoms with E-state index in [-0.39, 0.29) is 5.97 Å². The van der Waals surface area contributed by atoms with Gasteiger partial charge in [0.1, 0.15) is 0 Å². The Hall–Kier alpha value is -0.790. The van der Waals surface area contributed by atoms with Gasteiger partial charge in [0.25, 0.3) is 0 Å². The smallest absolute Gasteiger partial charge is 0.306 e. The summed E-state index contributed by atoms with van der Waals surface area (Å²) in [5, 5.41) is 0. The Morgan fingerprint density at radius 2 is 1.64 bits per heavy atom. The third-order valence-electron chi connectivity index (χ3n) is 2.46. The number of carbonyl (C=O) groups excluding carboxylic acids is 1. The van der Waals surface area contributed by atoms with Crippen LogP contribution in [0.25, 0.3) is 0 Å². The van der Waals surface area contributed by atoms with Crippen molar-refractivity contribution in [3.05, 3.63) is 12.2 Å². The fourth-order valence-corrected chi connectivity index (χ4v) is 1.59. The van der Waals surface area contributed by atoms with E-state index in [2.05, 4.69) is 12.2 Å². The lowest BCUT2D eigenvalue weighted by atomic mass is 10.1. The average Bonchev–Trinajstić information content (AvgIpc) is 2.20. The molecule has 0 aromatic rings. The Bertz CT molecular complexity index is 185. The van der Waals surface area contributed by atoms with Crippen molar-refractivity contribution in [3.8, 4) is 0 Å².